The summed E-state index contributed by atoms with van der Waals surface area (Å²) in [7, 11) is 1.39. The lowest BCUT2D eigenvalue weighted by atomic mass is 10.1. The second-order valence-electron chi connectivity index (χ2n) is 7.63. The lowest BCUT2D eigenvalue weighted by molar-refractivity contribution is -0.119. The van der Waals surface area contributed by atoms with E-state index in [1.54, 1.807) is 36.4 Å². The quantitative estimate of drug-likeness (QED) is 0.223. The Morgan fingerprint density at radius 3 is 2.11 bits per heavy atom. The van der Waals surface area contributed by atoms with Gasteiger partial charge in [0, 0.05) is 6.07 Å². The molecule has 38 heavy (non-hydrogen) atoms. The number of esters is 1. The minimum atomic E-state index is -4.22. The molecule has 0 aliphatic heterocycles. The predicted molar refractivity (Wildman–Crippen MR) is 141 cm³/mol. The van der Waals surface area contributed by atoms with Crippen LogP contribution >= 0.6 is 0 Å². The van der Waals surface area contributed by atoms with Crippen molar-refractivity contribution in [1.29, 1.82) is 0 Å². The van der Waals surface area contributed by atoms with Gasteiger partial charge in [-0.3, -0.25) is 9.10 Å². The zero-order valence-corrected chi connectivity index (χ0v) is 22.0. The molecule has 0 bridgehead atoms. The predicted octanol–water partition coefficient (Wildman–Crippen LogP) is 2.84. The monoisotopic (exact) mass is 541 g/mol. The SMILES string of the molecule is COC(=O)c1ccc(/C=N\NC(=O)CN(c2ccc(OC)cc2)S(=O)(=O)c2ccc(OC)c(OC)c2)cc1. The molecule has 0 atom stereocenters. The molecule has 0 saturated heterocycles. The maximum absolute atomic E-state index is 13.6. The van der Waals surface area contributed by atoms with Gasteiger partial charge in [-0.1, -0.05) is 12.1 Å². The Kier molecular flexibility index (Phi) is 9.28. The summed E-state index contributed by atoms with van der Waals surface area (Å²) >= 11 is 0. The van der Waals surface area contributed by atoms with Crippen molar-refractivity contribution in [3.63, 3.8) is 0 Å². The summed E-state index contributed by atoms with van der Waals surface area (Å²) < 4.78 is 48.5. The molecule has 3 aromatic rings. The molecule has 0 aromatic heterocycles. The van der Waals surface area contributed by atoms with Gasteiger partial charge in [0.2, 0.25) is 0 Å². The van der Waals surface area contributed by atoms with Crippen molar-refractivity contribution in [2.45, 2.75) is 4.90 Å². The highest BCUT2D eigenvalue weighted by Crippen LogP contribution is 2.32. The van der Waals surface area contributed by atoms with Crippen LogP contribution in [0.5, 0.6) is 17.2 Å². The van der Waals surface area contributed by atoms with Gasteiger partial charge in [-0.25, -0.2) is 18.6 Å². The smallest absolute Gasteiger partial charge is 0.337 e. The molecular weight excluding hydrogens is 514 g/mol. The van der Waals surface area contributed by atoms with Crippen molar-refractivity contribution in [3.8, 4) is 17.2 Å². The third-order valence-electron chi connectivity index (χ3n) is 5.33. The van der Waals surface area contributed by atoms with Crippen LogP contribution < -0.4 is 23.9 Å². The molecule has 0 radical (unpaired) electrons. The maximum Gasteiger partial charge on any atom is 0.337 e. The average Bonchev–Trinajstić information content (AvgIpc) is 2.95. The van der Waals surface area contributed by atoms with E-state index in [-0.39, 0.29) is 16.3 Å². The number of methoxy groups -OCH3 is 4. The zero-order valence-electron chi connectivity index (χ0n) is 21.2. The number of carbonyl (C=O) groups is 2. The first-order valence-electron chi connectivity index (χ1n) is 11.1. The molecule has 3 rings (SSSR count). The largest absolute Gasteiger partial charge is 0.497 e. The van der Waals surface area contributed by atoms with E-state index in [0.29, 0.717) is 22.6 Å². The van der Waals surface area contributed by atoms with Crippen LogP contribution in [0.25, 0.3) is 0 Å². The van der Waals surface area contributed by atoms with E-state index in [1.165, 1.54) is 65.0 Å². The maximum atomic E-state index is 13.6. The second-order valence-corrected chi connectivity index (χ2v) is 9.50. The highest BCUT2D eigenvalue weighted by molar-refractivity contribution is 7.92. The van der Waals surface area contributed by atoms with E-state index in [1.807, 2.05) is 0 Å². The molecule has 0 fully saturated rings. The van der Waals surface area contributed by atoms with Crippen molar-refractivity contribution < 1.29 is 37.0 Å². The molecule has 3 aromatic carbocycles. The summed E-state index contributed by atoms with van der Waals surface area (Å²) in [6, 6.07) is 16.7. The van der Waals surface area contributed by atoms with Gasteiger partial charge in [-0.2, -0.15) is 5.10 Å². The van der Waals surface area contributed by atoms with E-state index in [9.17, 15) is 18.0 Å². The first-order valence-corrected chi connectivity index (χ1v) is 12.6. The number of hydrazone groups is 1. The number of nitrogens with one attached hydrogen (secondary N) is 1. The number of nitrogens with zero attached hydrogens (tertiary/aromatic N) is 2. The fourth-order valence-electron chi connectivity index (χ4n) is 3.34. The highest BCUT2D eigenvalue weighted by atomic mass is 32.2. The standard InChI is InChI=1S/C26H27N3O8S/c1-34-21-11-9-20(10-12-21)29(38(32,33)22-13-14-23(35-2)24(15-22)36-3)17-25(30)28-27-16-18-5-7-19(8-6-18)26(31)37-4/h5-16H,17H2,1-4H3,(H,28,30)/b27-16-. The zero-order chi connectivity index (χ0) is 27.7. The first kappa shape index (κ1) is 28.0. The van der Waals surface area contributed by atoms with Crippen molar-refractivity contribution >= 4 is 33.8 Å². The third kappa shape index (κ3) is 6.59. The number of benzene rings is 3. The molecule has 1 amide bonds. The molecule has 1 N–H and O–H groups in total. The van der Waals surface area contributed by atoms with Gasteiger partial charge in [0.25, 0.3) is 15.9 Å². The van der Waals surface area contributed by atoms with Crippen LogP contribution in [-0.2, 0) is 19.6 Å². The summed E-state index contributed by atoms with van der Waals surface area (Å²) in [6.07, 6.45) is 1.36. The lowest BCUT2D eigenvalue weighted by Gasteiger charge is -2.24. The van der Waals surface area contributed by atoms with E-state index in [4.69, 9.17) is 14.2 Å². The number of carbonyl (C=O) groups excluding carboxylic acids is 2. The lowest BCUT2D eigenvalue weighted by Crippen LogP contribution is -2.39. The number of hydrogen-bond acceptors (Lipinski definition) is 9. The van der Waals surface area contributed by atoms with Gasteiger partial charge in [0.15, 0.2) is 11.5 Å². The van der Waals surface area contributed by atoms with E-state index < -0.39 is 28.4 Å². The topological polar surface area (TPSA) is 133 Å². The van der Waals surface area contributed by atoms with Crippen LogP contribution in [0.1, 0.15) is 15.9 Å². The van der Waals surface area contributed by atoms with E-state index >= 15 is 0 Å². The molecule has 0 saturated carbocycles. The number of amides is 1. The summed E-state index contributed by atoms with van der Waals surface area (Å²) in [6.45, 7) is -0.568. The van der Waals surface area contributed by atoms with Gasteiger partial charge in [0.05, 0.1) is 50.8 Å². The van der Waals surface area contributed by atoms with Crippen LogP contribution in [0.4, 0.5) is 5.69 Å². The first-order chi connectivity index (χ1) is 18.2. The normalized spacial score (nSPS) is 11.1. The number of anilines is 1. The molecule has 11 nitrogen and oxygen atoms in total. The highest BCUT2D eigenvalue weighted by Gasteiger charge is 2.28. The summed E-state index contributed by atoms with van der Waals surface area (Å²) in [5, 5.41) is 3.90. The van der Waals surface area contributed by atoms with Crippen molar-refractivity contribution in [3.05, 3.63) is 77.9 Å². The van der Waals surface area contributed by atoms with E-state index in [2.05, 4.69) is 15.3 Å². The number of hydrogen-bond donors (Lipinski definition) is 1. The molecule has 0 heterocycles. The average molecular weight is 542 g/mol. The molecular formula is C26H27N3O8S. The molecule has 0 aliphatic carbocycles. The number of sulfonamides is 1. The fourth-order valence-corrected chi connectivity index (χ4v) is 4.77. The molecule has 0 unspecified atom stereocenters. The third-order valence-corrected chi connectivity index (χ3v) is 7.10. The molecule has 12 heteroatoms. The summed E-state index contributed by atoms with van der Waals surface area (Å²) in [5.41, 5.74) is 3.53. The minimum Gasteiger partial charge on any atom is -0.497 e. The Balaban J connectivity index is 1.85. The molecule has 0 aliphatic rings. The Hall–Kier alpha value is -4.58. The minimum absolute atomic E-state index is 0.104. The van der Waals surface area contributed by atoms with Crippen LogP contribution in [0.15, 0.2) is 76.7 Å². The molecule has 200 valence electrons. The Morgan fingerprint density at radius 1 is 0.868 bits per heavy atom. The van der Waals surface area contributed by atoms with Crippen LogP contribution in [-0.4, -0.2) is 61.5 Å². The fraction of sp³-hybridized carbons (Fsp3) is 0.192. The van der Waals surface area contributed by atoms with Crippen LogP contribution in [0.3, 0.4) is 0 Å². The van der Waals surface area contributed by atoms with Gasteiger partial charge in [-0.05, 0) is 54.1 Å². The van der Waals surface area contributed by atoms with Gasteiger partial charge in [0.1, 0.15) is 12.3 Å². The molecule has 0 spiro atoms. The van der Waals surface area contributed by atoms with Gasteiger partial charge >= 0.3 is 5.97 Å². The Bertz CT molecular complexity index is 1410. The van der Waals surface area contributed by atoms with Gasteiger partial charge < -0.3 is 18.9 Å². The van der Waals surface area contributed by atoms with Crippen molar-refractivity contribution in [2.75, 3.05) is 39.3 Å². The summed E-state index contributed by atoms with van der Waals surface area (Å²) in [4.78, 5) is 24.2. The second kappa shape index (κ2) is 12.6. The van der Waals surface area contributed by atoms with E-state index in [0.717, 1.165) is 4.31 Å². The van der Waals surface area contributed by atoms with Crippen LogP contribution in [0, 0.1) is 0 Å². The Morgan fingerprint density at radius 2 is 1.53 bits per heavy atom. The number of rotatable bonds is 11. The Labute approximate surface area is 220 Å². The number of ether oxygens (including phenoxy) is 4. The van der Waals surface area contributed by atoms with Crippen molar-refractivity contribution in [2.24, 2.45) is 5.10 Å². The van der Waals surface area contributed by atoms with Gasteiger partial charge in [-0.15, -0.1) is 0 Å². The van der Waals surface area contributed by atoms with Crippen LogP contribution in [0.2, 0.25) is 0 Å². The summed E-state index contributed by atoms with van der Waals surface area (Å²) in [5.74, 6) is -0.0717. The van der Waals surface area contributed by atoms with Crippen molar-refractivity contribution in [1.82, 2.24) is 5.43 Å².